The number of amides is 3. The van der Waals surface area contributed by atoms with Crippen molar-refractivity contribution in [2.45, 2.75) is 18.2 Å². The molecule has 1 aliphatic heterocycles. The van der Waals surface area contributed by atoms with Crippen molar-refractivity contribution in [3.63, 3.8) is 0 Å². The molecular formula is C15H12ClN3O3S2. The minimum Gasteiger partial charge on any atom is -0.302 e. The molecule has 1 aromatic heterocycles. The summed E-state index contributed by atoms with van der Waals surface area (Å²) >= 11 is 8.08. The second-order valence-electron chi connectivity index (χ2n) is 5.02. The average Bonchev–Trinajstić information content (AvgIpc) is 3.12. The van der Waals surface area contributed by atoms with Crippen molar-refractivity contribution in [3.05, 3.63) is 46.4 Å². The minimum atomic E-state index is -0.711. The van der Waals surface area contributed by atoms with Crippen LogP contribution in [0.3, 0.4) is 0 Å². The molecule has 24 heavy (non-hydrogen) atoms. The molecule has 0 spiro atoms. The molecule has 1 aromatic carbocycles. The lowest BCUT2D eigenvalue weighted by Crippen LogP contribution is -2.32. The molecule has 1 saturated heterocycles. The summed E-state index contributed by atoms with van der Waals surface area (Å²) in [7, 11) is 0. The zero-order valence-electron chi connectivity index (χ0n) is 12.3. The lowest BCUT2D eigenvalue weighted by Gasteiger charge is -2.14. The summed E-state index contributed by atoms with van der Waals surface area (Å²) in [4.78, 5) is 41.5. The first-order valence-electron chi connectivity index (χ1n) is 6.98. The monoisotopic (exact) mass is 381 g/mol. The SMILES string of the molecule is O=C(CC1SC(=O)N(Cc2cccc(Cl)c2)C1=O)Nc1nccs1. The van der Waals surface area contributed by atoms with E-state index in [1.165, 1.54) is 11.3 Å². The Morgan fingerprint density at radius 2 is 2.21 bits per heavy atom. The Bertz CT molecular complexity index is 782. The normalized spacial score (nSPS) is 17.4. The highest BCUT2D eigenvalue weighted by atomic mass is 35.5. The molecule has 0 radical (unpaired) electrons. The van der Waals surface area contributed by atoms with E-state index < -0.39 is 5.25 Å². The highest BCUT2D eigenvalue weighted by molar-refractivity contribution is 8.15. The van der Waals surface area contributed by atoms with Crippen LogP contribution >= 0.6 is 34.7 Å². The first kappa shape index (κ1) is 16.9. The summed E-state index contributed by atoms with van der Waals surface area (Å²) in [5.74, 6) is -0.701. The molecule has 1 aliphatic rings. The van der Waals surface area contributed by atoms with Crippen molar-refractivity contribution in [1.29, 1.82) is 0 Å². The van der Waals surface area contributed by atoms with E-state index in [-0.39, 0.29) is 30.0 Å². The Hall–Kier alpha value is -1.90. The van der Waals surface area contributed by atoms with E-state index in [9.17, 15) is 14.4 Å². The van der Waals surface area contributed by atoms with Crippen LogP contribution in [0.1, 0.15) is 12.0 Å². The summed E-state index contributed by atoms with van der Waals surface area (Å²) in [5, 5.41) is 4.29. The Kier molecular flexibility index (Phi) is 5.17. The average molecular weight is 382 g/mol. The fraction of sp³-hybridized carbons (Fsp3) is 0.200. The number of thiazole rings is 1. The van der Waals surface area contributed by atoms with E-state index in [0.29, 0.717) is 10.2 Å². The van der Waals surface area contributed by atoms with Gasteiger partial charge in [-0.3, -0.25) is 19.3 Å². The van der Waals surface area contributed by atoms with Crippen molar-refractivity contribution in [2.75, 3.05) is 5.32 Å². The van der Waals surface area contributed by atoms with Crippen LogP contribution in [0.2, 0.25) is 5.02 Å². The fourth-order valence-electron chi connectivity index (χ4n) is 2.21. The molecule has 1 atom stereocenters. The lowest BCUT2D eigenvalue weighted by molar-refractivity contribution is -0.129. The van der Waals surface area contributed by atoms with Gasteiger partial charge in [-0.05, 0) is 17.7 Å². The van der Waals surface area contributed by atoms with Gasteiger partial charge in [-0.1, -0.05) is 35.5 Å². The van der Waals surface area contributed by atoms with E-state index in [0.717, 1.165) is 22.2 Å². The zero-order valence-corrected chi connectivity index (χ0v) is 14.7. The van der Waals surface area contributed by atoms with Gasteiger partial charge in [0.15, 0.2) is 5.13 Å². The van der Waals surface area contributed by atoms with Gasteiger partial charge in [-0.25, -0.2) is 4.98 Å². The number of halogens is 1. The second-order valence-corrected chi connectivity index (χ2v) is 7.50. The number of imide groups is 1. The first-order valence-corrected chi connectivity index (χ1v) is 9.12. The highest BCUT2D eigenvalue weighted by Gasteiger charge is 2.40. The fourth-order valence-corrected chi connectivity index (χ4v) is 3.96. The van der Waals surface area contributed by atoms with Crippen LogP contribution in [0.25, 0.3) is 0 Å². The van der Waals surface area contributed by atoms with E-state index in [2.05, 4.69) is 10.3 Å². The van der Waals surface area contributed by atoms with Crippen LogP contribution in [0.5, 0.6) is 0 Å². The molecule has 1 unspecified atom stereocenters. The lowest BCUT2D eigenvalue weighted by atomic mass is 10.2. The third kappa shape index (κ3) is 3.95. The Labute approximate surface area is 151 Å². The van der Waals surface area contributed by atoms with Gasteiger partial charge in [0.05, 0.1) is 6.54 Å². The van der Waals surface area contributed by atoms with Crippen molar-refractivity contribution in [2.24, 2.45) is 0 Å². The van der Waals surface area contributed by atoms with Crippen molar-refractivity contribution in [3.8, 4) is 0 Å². The number of nitrogens with zero attached hydrogens (tertiary/aromatic N) is 2. The predicted octanol–water partition coefficient (Wildman–Crippen LogP) is 3.39. The van der Waals surface area contributed by atoms with Crippen LogP contribution in [-0.4, -0.2) is 32.2 Å². The van der Waals surface area contributed by atoms with Gasteiger partial charge in [-0.15, -0.1) is 11.3 Å². The molecule has 2 aromatic rings. The minimum absolute atomic E-state index is 0.0686. The summed E-state index contributed by atoms with van der Waals surface area (Å²) < 4.78 is 0. The maximum atomic E-state index is 12.4. The number of thioether (sulfide) groups is 1. The molecule has 6 nitrogen and oxygen atoms in total. The van der Waals surface area contributed by atoms with Crippen molar-refractivity contribution in [1.82, 2.24) is 9.88 Å². The number of benzene rings is 1. The quantitative estimate of drug-likeness (QED) is 0.858. The van der Waals surface area contributed by atoms with E-state index in [1.54, 1.807) is 35.8 Å². The van der Waals surface area contributed by atoms with Crippen LogP contribution < -0.4 is 5.32 Å². The molecule has 0 aliphatic carbocycles. The van der Waals surface area contributed by atoms with Gasteiger partial charge >= 0.3 is 0 Å². The van der Waals surface area contributed by atoms with Gasteiger partial charge in [-0.2, -0.15) is 0 Å². The van der Waals surface area contributed by atoms with Crippen LogP contribution in [0.15, 0.2) is 35.8 Å². The molecule has 2 heterocycles. The summed E-state index contributed by atoms with van der Waals surface area (Å²) in [5.41, 5.74) is 0.762. The Balaban J connectivity index is 1.62. The summed E-state index contributed by atoms with van der Waals surface area (Å²) in [6.07, 6.45) is 1.51. The third-order valence-corrected chi connectivity index (χ3v) is 5.28. The van der Waals surface area contributed by atoms with Gasteiger partial charge in [0.25, 0.3) is 5.24 Å². The molecule has 124 valence electrons. The molecule has 3 rings (SSSR count). The van der Waals surface area contributed by atoms with Crippen molar-refractivity contribution >= 4 is 56.9 Å². The maximum absolute atomic E-state index is 12.4. The summed E-state index contributed by atoms with van der Waals surface area (Å²) in [6, 6.07) is 6.98. The molecule has 9 heteroatoms. The molecule has 0 saturated carbocycles. The first-order chi connectivity index (χ1) is 11.5. The Morgan fingerprint density at radius 3 is 2.92 bits per heavy atom. The van der Waals surface area contributed by atoms with E-state index in [4.69, 9.17) is 11.6 Å². The maximum Gasteiger partial charge on any atom is 0.289 e. The van der Waals surface area contributed by atoms with Gasteiger partial charge < -0.3 is 5.32 Å². The molecule has 1 fully saturated rings. The number of rotatable bonds is 5. The highest BCUT2D eigenvalue weighted by Crippen LogP contribution is 2.31. The number of carbonyl (C=O) groups excluding carboxylic acids is 3. The number of nitrogens with one attached hydrogen (secondary N) is 1. The van der Waals surface area contributed by atoms with Gasteiger partial charge in [0.1, 0.15) is 5.25 Å². The largest absolute Gasteiger partial charge is 0.302 e. The van der Waals surface area contributed by atoms with Gasteiger partial charge in [0.2, 0.25) is 11.8 Å². The number of carbonyl (C=O) groups is 3. The van der Waals surface area contributed by atoms with Crippen molar-refractivity contribution < 1.29 is 14.4 Å². The standard InChI is InChI=1S/C15H12ClN3O3S2/c16-10-3-1-2-9(6-10)8-19-13(21)11(24-15(19)22)7-12(20)18-14-17-4-5-23-14/h1-6,11H,7-8H2,(H,17,18,20). The smallest absolute Gasteiger partial charge is 0.289 e. The Morgan fingerprint density at radius 1 is 1.38 bits per heavy atom. The van der Waals surface area contributed by atoms with Crippen LogP contribution in [-0.2, 0) is 16.1 Å². The van der Waals surface area contributed by atoms with Gasteiger partial charge in [0, 0.05) is 23.0 Å². The molecular weight excluding hydrogens is 370 g/mol. The third-order valence-electron chi connectivity index (χ3n) is 3.28. The van der Waals surface area contributed by atoms with E-state index in [1.807, 2.05) is 0 Å². The second kappa shape index (κ2) is 7.33. The number of aromatic nitrogens is 1. The topological polar surface area (TPSA) is 79.4 Å². The molecule has 3 amide bonds. The summed E-state index contributed by atoms with van der Waals surface area (Å²) in [6.45, 7) is 0.149. The van der Waals surface area contributed by atoms with Crippen LogP contribution in [0, 0.1) is 0 Å². The molecule has 1 N–H and O–H groups in total. The van der Waals surface area contributed by atoms with Crippen LogP contribution in [0.4, 0.5) is 9.93 Å². The number of anilines is 1. The molecule has 0 bridgehead atoms. The number of hydrogen-bond acceptors (Lipinski definition) is 6. The van der Waals surface area contributed by atoms with E-state index >= 15 is 0 Å². The zero-order chi connectivity index (χ0) is 17.1. The number of hydrogen-bond donors (Lipinski definition) is 1. The predicted molar refractivity (Wildman–Crippen MR) is 94.1 cm³/mol.